The van der Waals surface area contributed by atoms with Gasteiger partial charge in [-0.1, -0.05) is 15.9 Å². The molecule has 0 saturated carbocycles. The van der Waals surface area contributed by atoms with E-state index in [2.05, 4.69) is 30.9 Å². The fourth-order valence-corrected chi connectivity index (χ4v) is 4.33. The van der Waals surface area contributed by atoms with Gasteiger partial charge in [-0.05, 0) is 61.5 Å². The Morgan fingerprint density at radius 1 is 1.06 bits per heavy atom. The molecule has 1 fully saturated rings. The van der Waals surface area contributed by atoms with E-state index in [1.165, 1.54) is 24.3 Å². The molecule has 10 heteroatoms. The number of carbonyl (C=O) groups excluding carboxylic acids is 1. The lowest BCUT2D eigenvalue weighted by Gasteiger charge is -2.26. The van der Waals surface area contributed by atoms with Crippen LogP contribution in [0.25, 0.3) is 0 Å². The van der Waals surface area contributed by atoms with Crippen LogP contribution in [0, 0.1) is 0 Å². The maximum Gasteiger partial charge on any atom is 0.261 e. The molecule has 0 spiro atoms. The van der Waals surface area contributed by atoms with Crippen LogP contribution in [0.1, 0.15) is 6.42 Å². The van der Waals surface area contributed by atoms with E-state index in [1.54, 1.807) is 24.3 Å². The summed E-state index contributed by atoms with van der Waals surface area (Å²) in [5.74, 6) is 0.210. The highest BCUT2D eigenvalue weighted by atomic mass is 79.9. The monoisotopic (exact) mass is 511 g/mol. The van der Waals surface area contributed by atoms with E-state index in [0.29, 0.717) is 18.0 Å². The van der Waals surface area contributed by atoms with E-state index in [0.717, 1.165) is 43.7 Å². The summed E-state index contributed by atoms with van der Waals surface area (Å²) in [7, 11) is -3.71. The number of anilines is 1. The number of hydrogen-bond donors (Lipinski definition) is 2. The van der Waals surface area contributed by atoms with Crippen molar-refractivity contribution < 1.29 is 22.7 Å². The molecule has 2 aromatic rings. The Morgan fingerprint density at radius 2 is 1.74 bits per heavy atom. The largest absolute Gasteiger partial charge is 0.484 e. The summed E-state index contributed by atoms with van der Waals surface area (Å²) in [4.78, 5) is 14.4. The number of halogens is 1. The zero-order valence-corrected chi connectivity index (χ0v) is 19.5. The maximum absolute atomic E-state index is 12.5. The predicted octanol–water partition coefficient (Wildman–Crippen LogP) is 2.47. The lowest BCUT2D eigenvalue weighted by atomic mass is 10.3. The van der Waals surface area contributed by atoms with Crippen molar-refractivity contribution in [1.29, 1.82) is 0 Å². The molecule has 1 aliphatic rings. The Bertz CT molecular complexity index is 946. The summed E-state index contributed by atoms with van der Waals surface area (Å²) in [5, 5.41) is 2.83. The van der Waals surface area contributed by atoms with Crippen molar-refractivity contribution in [3.05, 3.63) is 53.0 Å². The molecule has 168 valence electrons. The molecule has 31 heavy (non-hydrogen) atoms. The second-order valence-electron chi connectivity index (χ2n) is 7.03. The Hall–Kier alpha value is -2.14. The Labute approximate surface area is 191 Å². The van der Waals surface area contributed by atoms with Gasteiger partial charge in [-0.15, -0.1) is 0 Å². The highest BCUT2D eigenvalue weighted by molar-refractivity contribution is 9.10. The number of nitrogens with zero attached hydrogens (tertiary/aromatic N) is 1. The Morgan fingerprint density at radius 3 is 2.42 bits per heavy atom. The van der Waals surface area contributed by atoms with E-state index in [4.69, 9.17) is 9.47 Å². The molecular formula is C21H26BrN3O5S. The van der Waals surface area contributed by atoms with Crippen LogP contribution < -0.4 is 14.8 Å². The third kappa shape index (κ3) is 7.80. The van der Waals surface area contributed by atoms with Crippen LogP contribution >= 0.6 is 15.9 Å². The first-order chi connectivity index (χ1) is 14.9. The number of sulfonamides is 1. The van der Waals surface area contributed by atoms with Crippen LogP contribution in [0.15, 0.2) is 57.9 Å². The maximum atomic E-state index is 12.5. The minimum absolute atomic E-state index is 0.107. The van der Waals surface area contributed by atoms with Gasteiger partial charge in [-0.3, -0.25) is 14.4 Å². The first-order valence-corrected chi connectivity index (χ1v) is 12.3. The number of amides is 1. The third-order valence-electron chi connectivity index (χ3n) is 4.68. The minimum Gasteiger partial charge on any atom is -0.484 e. The van der Waals surface area contributed by atoms with E-state index < -0.39 is 10.0 Å². The molecule has 0 unspecified atom stereocenters. The van der Waals surface area contributed by atoms with Gasteiger partial charge >= 0.3 is 0 Å². The molecule has 2 aromatic carbocycles. The van der Waals surface area contributed by atoms with Gasteiger partial charge in [-0.2, -0.15) is 0 Å². The highest BCUT2D eigenvalue weighted by Crippen LogP contribution is 2.20. The van der Waals surface area contributed by atoms with Crippen molar-refractivity contribution >= 4 is 37.5 Å². The topological polar surface area (TPSA) is 97.0 Å². The van der Waals surface area contributed by atoms with Gasteiger partial charge in [0.2, 0.25) is 0 Å². The first kappa shape index (κ1) is 23.5. The molecule has 0 bridgehead atoms. The summed E-state index contributed by atoms with van der Waals surface area (Å²) < 4.78 is 39.1. The van der Waals surface area contributed by atoms with Crippen LogP contribution in [0.5, 0.6) is 5.75 Å². The summed E-state index contributed by atoms with van der Waals surface area (Å²) in [5.41, 5.74) is 0.466. The van der Waals surface area contributed by atoms with E-state index in [9.17, 15) is 13.2 Å². The van der Waals surface area contributed by atoms with Gasteiger partial charge in [0.1, 0.15) is 5.75 Å². The molecule has 2 N–H and O–H groups in total. The van der Waals surface area contributed by atoms with Gasteiger partial charge in [0.05, 0.1) is 18.1 Å². The summed E-state index contributed by atoms with van der Waals surface area (Å²) >= 11 is 3.31. The normalized spacial score (nSPS) is 14.7. The van der Waals surface area contributed by atoms with Crippen LogP contribution in [0.3, 0.4) is 0 Å². The number of benzene rings is 2. The zero-order valence-electron chi connectivity index (χ0n) is 17.1. The average Bonchev–Trinajstić information content (AvgIpc) is 2.78. The van der Waals surface area contributed by atoms with Crippen molar-refractivity contribution in [2.24, 2.45) is 0 Å². The van der Waals surface area contributed by atoms with Gasteiger partial charge in [-0.25, -0.2) is 8.42 Å². The number of morpholine rings is 1. The lowest BCUT2D eigenvalue weighted by molar-refractivity contribution is -0.123. The minimum atomic E-state index is -3.71. The molecule has 8 nitrogen and oxygen atoms in total. The van der Waals surface area contributed by atoms with Crippen LogP contribution in [-0.2, 0) is 19.6 Å². The Kier molecular flexibility index (Phi) is 8.70. The number of ether oxygens (including phenoxy) is 2. The molecule has 1 aliphatic heterocycles. The number of nitrogens with one attached hydrogen (secondary N) is 2. The van der Waals surface area contributed by atoms with Crippen LogP contribution in [0.4, 0.5) is 5.69 Å². The highest BCUT2D eigenvalue weighted by Gasteiger charge is 2.14. The molecule has 0 aromatic heterocycles. The van der Waals surface area contributed by atoms with E-state index >= 15 is 0 Å². The first-order valence-electron chi connectivity index (χ1n) is 10.0. The van der Waals surface area contributed by atoms with Crippen molar-refractivity contribution in [3.63, 3.8) is 0 Å². The molecule has 0 aliphatic carbocycles. The van der Waals surface area contributed by atoms with Crippen LogP contribution in [-0.4, -0.2) is 65.2 Å². The summed E-state index contributed by atoms with van der Waals surface area (Å²) in [6.07, 6.45) is 0.865. The summed E-state index contributed by atoms with van der Waals surface area (Å²) in [6, 6.07) is 12.8. The SMILES string of the molecule is O=C(COc1ccc(S(=O)(=O)Nc2ccc(Br)cc2)cc1)NCCCN1CCOCC1. The van der Waals surface area contributed by atoms with Crippen molar-refractivity contribution in [2.75, 3.05) is 50.7 Å². The lowest BCUT2D eigenvalue weighted by Crippen LogP contribution is -2.38. The molecule has 0 radical (unpaired) electrons. The van der Waals surface area contributed by atoms with Gasteiger partial charge in [0.15, 0.2) is 6.61 Å². The van der Waals surface area contributed by atoms with Crippen molar-refractivity contribution in [3.8, 4) is 5.75 Å². The molecule has 1 amide bonds. The fourth-order valence-electron chi connectivity index (χ4n) is 3.00. The molecule has 3 rings (SSSR count). The van der Waals surface area contributed by atoms with Gasteiger partial charge in [0, 0.05) is 29.8 Å². The molecule has 0 atom stereocenters. The van der Waals surface area contributed by atoms with E-state index in [1.807, 2.05) is 0 Å². The second kappa shape index (κ2) is 11.5. The zero-order chi connectivity index (χ0) is 22.1. The summed E-state index contributed by atoms with van der Waals surface area (Å²) in [6.45, 7) is 4.78. The number of hydrogen-bond acceptors (Lipinski definition) is 6. The van der Waals surface area contributed by atoms with Crippen molar-refractivity contribution in [1.82, 2.24) is 10.2 Å². The standard InChI is InChI=1S/C21H26BrN3O5S/c22-17-2-4-18(5-3-17)24-31(27,28)20-8-6-19(7-9-20)30-16-21(26)23-10-1-11-25-12-14-29-15-13-25/h2-9,24H,1,10-16H2,(H,23,26). The second-order valence-corrected chi connectivity index (χ2v) is 9.63. The quantitative estimate of drug-likeness (QED) is 0.475. The molecule has 1 saturated heterocycles. The van der Waals surface area contributed by atoms with Crippen molar-refractivity contribution in [2.45, 2.75) is 11.3 Å². The molecular weight excluding hydrogens is 486 g/mol. The third-order valence-corrected chi connectivity index (χ3v) is 6.60. The van der Waals surface area contributed by atoms with E-state index in [-0.39, 0.29) is 17.4 Å². The number of carbonyl (C=O) groups is 1. The fraction of sp³-hybridized carbons (Fsp3) is 0.381. The molecule has 1 heterocycles. The van der Waals surface area contributed by atoms with Gasteiger partial charge in [0.25, 0.3) is 15.9 Å². The Balaban J connectivity index is 1.40. The predicted molar refractivity (Wildman–Crippen MR) is 122 cm³/mol. The van der Waals surface area contributed by atoms with Crippen LogP contribution in [0.2, 0.25) is 0 Å². The smallest absolute Gasteiger partial charge is 0.261 e. The van der Waals surface area contributed by atoms with Gasteiger partial charge < -0.3 is 14.8 Å². The average molecular weight is 512 g/mol. The number of rotatable bonds is 10.